The molecule has 0 aliphatic carbocycles. The first kappa shape index (κ1) is 11.2. The number of H-pyrrole nitrogens is 1. The van der Waals surface area contributed by atoms with Gasteiger partial charge in [-0.05, 0) is 30.7 Å². The molecular weight excluding hydrogens is 253 g/mol. The van der Waals surface area contributed by atoms with Gasteiger partial charge in [-0.1, -0.05) is 11.6 Å². The van der Waals surface area contributed by atoms with Gasteiger partial charge in [-0.15, -0.1) is 0 Å². The third-order valence-corrected chi connectivity index (χ3v) is 2.99. The molecule has 0 fully saturated rings. The lowest BCUT2D eigenvalue weighted by Crippen LogP contribution is -1.91. The topological polar surface area (TPSA) is 41.6 Å². The molecule has 0 atom stereocenters. The predicted octanol–water partition coefficient (Wildman–Crippen LogP) is 3.73. The standard InChI is InChI=1S/C13H9ClFN3/c1-7-2-3-11-8(4-7)9(5-16-11)12-10(15)6-17-13(14)18-12/h2-6,16H,1H3. The van der Waals surface area contributed by atoms with Gasteiger partial charge in [0.05, 0.1) is 6.20 Å². The molecule has 5 heteroatoms. The van der Waals surface area contributed by atoms with E-state index in [4.69, 9.17) is 11.6 Å². The number of benzene rings is 1. The molecule has 0 spiro atoms. The quantitative estimate of drug-likeness (QED) is 0.678. The van der Waals surface area contributed by atoms with Crippen molar-refractivity contribution >= 4 is 22.5 Å². The number of hydrogen-bond acceptors (Lipinski definition) is 2. The van der Waals surface area contributed by atoms with Crippen LogP contribution in [0.2, 0.25) is 5.28 Å². The van der Waals surface area contributed by atoms with Crippen LogP contribution in [-0.2, 0) is 0 Å². The van der Waals surface area contributed by atoms with Crippen LogP contribution >= 0.6 is 11.6 Å². The lowest BCUT2D eigenvalue weighted by molar-refractivity contribution is 0.618. The van der Waals surface area contributed by atoms with E-state index in [1.807, 2.05) is 25.1 Å². The zero-order chi connectivity index (χ0) is 12.7. The van der Waals surface area contributed by atoms with Gasteiger partial charge in [-0.3, -0.25) is 0 Å². The van der Waals surface area contributed by atoms with Crippen molar-refractivity contribution < 1.29 is 4.39 Å². The molecule has 0 unspecified atom stereocenters. The van der Waals surface area contributed by atoms with Crippen molar-refractivity contribution in [2.75, 3.05) is 0 Å². The maximum absolute atomic E-state index is 13.8. The fraction of sp³-hybridized carbons (Fsp3) is 0.0769. The smallest absolute Gasteiger partial charge is 0.223 e. The van der Waals surface area contributed by atoms with Crippen LogP contribution in [0.3, 0.4) is 0 Å². The van der Waals surface area contributed by atoms with Crippen molar-refractivity contribution in [2.45, 2.75) is 6.92 Å². The summed E-state index contributed by atoms with van der Waals surface area (Å²) in [6.07, 6.45) is 2.81. The fourth-order valence-electron chi connectivity index (χ4n) is 1.96. The van der Waals surface area contributed by atoms with E-state index in [1.54, 1.807) is 6.20 Å². The number of fused-ring (bicyclic) bond motifs is 1. The molecule has 0 saturated carbocycles. The predicted molar refractivity (Wildman–Crippen MR) is 69.0 cm³/mol. The van der Waals surface area contributed by atoms with Gasteiger partial charge in [0.15, 0.2) is 5.82 Å². The third-order valence-electron chi connectivity index (χ3n) is 2.81. The van der Waals surface area contributed by atoms with Crippen LogP contribution in [0.15, 0.2) is 30.6 Å². The zero-order valence-corrected chi connectivity index (χ0v) is 10.3. The minimum absolute atomic E-state index is 0.0356. The highest BCUT2D eigenvalue weighted by atomic mass is 35.5. The van der Waals surface area contributed by atoms with Crippen molar-refractivity contribution in [3.63, 3.8) is 0 Å². The van der Waals surface area contributed by atoms with Crippen LogP contribution in [0.4, 0.5) is 4.39 Å². The molecule has 0 amide bonds. The Labute approximate surface area is 108 Å². The number of nitrogens with one attached hydrogen (secondary N) is 1. The summed E-state index contributed by atoms with van der Waals surface area (Å²) in [5, 5.41) is 0.956. The molecule has 0 bridgehead atoms. The second kappa shape index (κ2) is 4.07. The van der Waals surface area contributed by atoms with E-state index in [0.717, 1.165) is 22.7 Å². The second-order valence-corrected chi connectivity index (χ2v) is 4.43. The monoisotopic (exact) mass is 261 g/mol. The van der Waals surface area contributed by atoms with Gasteiger partial charge in [0.2, 0.25) is 5.28 Å². The fourth-order valence-corrected chi connectivity index (χ4v) is 2.10. The summed E-state index contributed by atoms with van der Waals surface area (Å²) in [4.78, 5) is 10.7. The Morgan fingerprint density at radius 1 is 1.33 bits per heavy atom. The Kier molecular flexibility index (Phi) is 2.52. The summed E-state index contributed by atoms with van der Waals surface area (Å²) < 4.78 is 13.8. The second-order valence-electron chi connectivity index (χ2n) is 4.09. The largest absolute Gasteiger partial charge is 0.360 e. The molecule has 18 heavy (non-hydrogen) atoms. The number of aromatic nitrogens is 3. The van der Waals surface area contributed by atoms with Gasteiger partial charge in [0.25, 0.3) is 0 Å². The molecule has 3 aromatic rings. The van der Waals surface area contributed by atoms with Gasteiger partial charge in [-0.25, -0.2) is 14.4 Å². The maximum atomic E-state index is 13.8. The van der Waals surface area contributed by atoms with E-state index in [-0.39, 0.29) is 11.0 Å². The van der Waals surface area contributed by atoms with Gasteiger partial charge >= 0.3 is 0 Å². The van der Waals surface area contributed by atoms with Crippen molar-refractivity contribution in [1.29, 1.82) is 0 Å². The molecule has 0 aliphatic heterocycles. The molecule has 90 valence electrons. The number of nitrogens with zero attached hydrogens (tertiary/aromatic N) is 2. The Balaban J connectivity index is 2.31. The van der Waals surface area contributed by atoms with Crippen LogP contribution < -0.4 is 0 Å². The number of rotatable bonds is 1. The molecule has 0 saturated heterocycles. The molecule has 2 heterocycles. The molecular formula is C13H9ClFN3. The Morgan fingerprint density at radius 2 is 2.17 bits per heavy atom. The molecule has 1 N–H and O–H groups in total. The molecule has 0 radical (unpaired) electrons. The van der Waals surface area contributed by atoms with Crippen molar-refractivity contribution in [3.8, 4) is 11.3 Å². The molecule has 0 aliphatic rings. The maximum Gasteiger partial charge on any atom is 0.223 e. The average molecular weight is 262 g/mol. The third kappa shape index (κ3) is 1.75. The van der Waals surface area contributed by atoms with Crippen molar-refractivity contribution in [2.24, 2.45) is 0 Å². The van der Waals surface area contributed by atoms with Gasteiger partial charge in [-0.2, -0.15) is 0 Å². The van der Waals surface area contributed by atoms with Crippen LogP contribution in [0.5, 0.6) is 0 Å². The van der Waals surface area contributed by atoms with Crippen LogP contribution in [0.25, 0.3) is 22.2 Å². The Morgan fingerprint density at radius 3 is 3.00 bits per heavy atom. The minimum atomic E-state index is -0.484. The minimum Gasteiger partial charge on any atom is -0.360 e. The molecule has 3 nitrogen and oxygen atoms in total. The Bertz CT molecular complexity index is 736. The summed E-state index contributed by atoms with van der Waals surface area (Å²) in [6, 6.07) is 5.93. The summed E-state index contributed by atoms with van der Waals surface area (Å²) in [5.74, 6) is -0.484. The van der Waals surface area contributed by atoms with Crippen LogP contribution in [-0.4, -0.2) is 15.0 Å². The number of halogens is 2. The first-order valence-corrected chi connectivity index (χ1v) is 5.79. The molecule has 1 aromatic carbocycles. The Hall–Kier alpha value is -1.94. The first-order valence-electron chi connectivity index (χ1n) is 5.41. The summed E-state index contributed by atoms with van der Waals surface area (Å²) in [6.45, 7) is 1.99. The average Bonchev–Trinajstić information content (AvgIpc) is 2.75. The summed E-state index contributed by atoms with van der Waals surface area (Å²) in [5.41, 5.74) is 2.94. The normalized spacial score (nSPS) is 11.1. The van der Waals surface area contributed by atoms with Crippen LogP contribution in [0, 0.1) is 12.7 Å². The van der Waals surface area contributed by atoms with Crippen LogP contribution in [0.1, 0.15) is 5.56 Å². The van der Waals surface area contributed by atoms with E-state index in [2.05, 4.69) is 15.0 Å². The zero-order valence-electron chi connectivity index (χ0n) is 9.54. The number of hydrogen-bond donors (Lipinski definition) is 1. The van der Waals surface area contributed by atoms with E-state index >= 15 is 0 Å². The van der Waals surface area contributed by atoms with Crippen molar-refractivity contribution in [3.05, 3.63) is 47.3 Å². The van der Waals surface area contributed by atoms with Crippen molar-refractivity contribution in [1.82, 2.24) is 15.0 Å². The lowest BCUT2D eigenvalue weighted by Gasteiger charge is -2.01. The highest BCUT2D eigenvalue weighted by Crippen LogP contribution is 2.29. The highest BCUT2D eigenvalue weighted by Gasteiger charge is 2.13. The molecule has 3 rings (SSSR count). The number of aromatic amines is 1. The highest BCUT2D eigenvalue weighted by molar-refractivity contribution is 6.28. The summed E-state index contributed by atoms with van der Waals surface area (Å²) in [7, 11) is 0. The van der Waals surface area contributed by atoms with E-state index in [9.17, 15) is 4.39 Å². The van der Waals surface area contributed by atoms with Gasteiger partial charge in [0.1, 0.15) is 5.69 Å². The van der Waals surface area contributed by atoms with E-state index in [1.165, 1.54) is 0 Å². The SMILES string of the molecule is Cc1ccc2[nH]cc(-c3nc(Cl)ncc3F)c2c1. The first-order chi connectivity index (χ1) is 8.65. The number of aryl methyl sites for hydroxylation is 1. The summed E-state index contributed by atoms with van der Waals surface area (Å²) >= 11 is 5.72. The van der Waals surface area contributed by atoms with E-state index in [0.29, 0.717) is 5.56 Å². The van der Waals surface area contributed by atoms with Gasteiger partial charge < -0.3 is 4.98 Å². The molecule has 2 aromatic heterocycles. The van der Waals surface area contributed by atoms with Gasteiger partial charge in [0, 0.05) is 22.7 Å². The van der Waals surface area contributed by atoms with E-state index < -0.39 is 5.82 Å². The lowest BCUT2D eigenvalue weighted by atomic mass is 10.1.